The molecule has 0 unspecified atom stereocenters. The van der Waals surface area contributed by atoms with Crippen LogP contribution in [0.4, 0.5) is 4.39 Å². The number of thiophene rings is 1. The topological polar surface area (TPSA) is 55.3 Å². The van der Waals surface area contributed by atoms with E-state index in [0.29, 0.717) is 12.4 Å². The first-order chi connectivity index (χ1) is 12.6. The SMILES string of the molecule is CN(Cc1ccc(F)cc1)C(=O)COc1ncnc2sc3c(c12)CCC3. The van der Waals surface area contributed by atoms with Gasteiger partial charge < -0.3 is 9.64 Å². The van der Waals surface area contributed by atoms with Crippen molar-refractivity contribution in [2.75, 3.05) is 13.7 Å². The van der Waals surface area contributed by atoms with Gasteiger partial charge in [0.25, 0.3) is 5.91 Å². The van der Waals surface area contributed by atoms with Crippen molar-refractivity contribution in [1.82, 2.24) is 14.9 Å². The summed E-state index contributed by atoms with van der Waals surface area (Å²) in [5.41, 5.74) is 2.13. The summed E-state index contributed by atoms with van der Waals surface area (Å²) in [6.07, 6.45) is 4.72. The number of nitrogens with zero attached hydrogens (tertiary/aromatic N) is 3. The summed E-state index contributed by atoms with van der Waals surface area (Å²) in [7, 11) is 1.70. The highest BCUT2D eigenvalue weighted by Crippen LogP contribution is 2.39. The highest BCUT2D eigenvalue weighted by molar-refractivity contribution is 7.18. The molecule has 0 spiro atoms. The second kappa shape index (κ2) is 6.99. The van der Waals surface area contributed by atoms with E-state index in [1.54, 1.807) is 35.4 Å². The number of aryl methyl sites for hydroxylation is 2. The Labute approximate surface area is 154 Å². The average molecular weight is 371 g/mol. The predicted octanol–water partition coefficient (Wildman–Crippen LogP) is 3.36. The van der Waals surface area contributed by atoms with Gasteiger partial charge in [0.2, 0.25) is 5.88 Å². The van der Waals surface area contributed by atoms with Crippen molar-refractivity contribution in [1.29, 1.82) is 0 Å². The number of amides is 1. The Morgan fingerprint density at radius 3 is 2.88 bits per heavy atom. The number of hydrogen-bond acceptors (Lipinski definition) is 5. The fourth-order valence-electron chi connectivity index (χ4n) is 3.20. The van der Waals surface area contributed by atoms with Gasteiger partial charge in [0.15, 0.2) is 6.61 Å². The fourth-order valence-corrected chi connectivity index (χ4v) is 4.42. The van der Waals surface area contributed by atoms with Crippen LogP contribution in [0.2, 0.25) is 0 Å². The van der Waals surface area contributed by atoms with E-state index >= 15 is 0 Å². The Morgan fingerprint density at radius 2 is 2.08 bits per heavy atom. The zero-order valence-electron chi connectivity index (χ0n) is 14.4. The molecule has 0 saturated heterocycles. The largest absolute Gasteiger partial charge is 0.467 e. The van der Waals surface area contributed by atoms with Crippen LogP contribution >= 0.6 is 11.3 Å². The molecule has 2 heterocycles. The van der Waals surface area contributed by atoms with Gasteiger partial charge in [-0.1, -0.05) is 12.1 Å². The molecule has 5 nitrogen and oxygen atoms in total. The van der Waals surface area contributed by atoms with Crippen LogP contribution in [0, 0.1) is 5.82 Å². The maximum absolute atomic E-state index is 13.0. The lowest BCUT2D eigenvalue weighted by atomic mass is 10.2. The number of fused-ring (bicyclic) bond motifs is 3. The highest BCUT2D eigenvalue weighted by Gasteiger charge is 2.22. The van der Waals surface area contributed by atoms with Crippen LogP contribution in [0.25, 0.3) is 10.2 Å². The van der Waals surface area contributed by atoms with Gasteiger partial charge >= 0.3 is 0 Å². The van der Waals surface area contributed by atoms with Crippen LogP contribution in [0.5, 0.6) is 5.88 Å². The molecule has 1 aliphatic carbocycles. The molecule has 4 rings (SSSR count). The number of aromatic nitrogens is 2. The van der Waals surface area contributed by atoms with Crippen LogP contribution < -0.4 is 4.74 Å². The third-order valence-electron chi connectivity index (χ3n) is 4.56. The molecule has 0 aliphatic heterocycles. The molecule has 0 atom stereocenters. The minimum atomic E-state index is -0.290. The molecule has 1 aliphatic rings. The molecular formula is C19H18FN3O2S. The molecule has 0 radical (unpaired) electrons. The number of hydrogen-bond donors (Lipinski definition) is 0. The molecule has 134 valence electrons. The number of benzene rings is 1. The molecule has 0 saturated carbocycles. The van der Waals surface area contributed by atoms with Crippen LogP contribution in [-0.2, 0) is 24.2 Å². The second-order valence-electron chi connectivity index (χ2n) is 6.38. The average Bonchev–Trinajstić information content (AvgIpc) is 3.22. The molecule has 1 aromatic carbocycles. The van der Waals surface area contributed by atoms with Crippen LogP contribution in [0.3, 0.4) is 0 Å². The summed E-state index contributed by atoms with van der Waals surface area (Å²) in [6, 6.07) is 6.11. The quantitative estimate of drug-likeness (QED) is 0.690. The standard InChI is InChI=1S/C19H18FN3O2S/c1-23(9-12-5-7-13(20)8-6-12)16(24)10-25-18-17-14-3-2-4-15(14)26-19(17)22-11-21-18/h5-8,11H,2-4,9-10H2,1H3. The lowest BCUT2D eigenvalue weighted by molar-refractivity contribution is -0.132. The smallest absolute Gasteiger partial charge is 0.260 e. The molecule has 26 heavy (non-hydrogen) atoms. The van der Waals surface area contributed by atoms with E-state index in [9.17, 15) is 9.18 Å². The van der Waals surface area contributed by atoms with Gasteiger partial charge in [-0.05, 0) is 42.5 Å². The molecule has 0 N–H and O–H groups in total. The first-order valence-corrected chi connectivity index (χ1v) is 9.30. The lowest BCUT2D eigenvalue weighted by Gasteiger charge is -2.17. The predicted molar refractivity (Wildman–Crippen MR) is 97.8 cm³/mol. The van der Waals surface area contributed by atoms with E-state index in [1.165, 1.54) is 28.9 Å². The van der Waals surface area contributed by atoms with Gasteiger partial charge in [0, 0.05) is 18.5 Å². The normalized spacial score (nSPS) is 13.0. The minimum absolute atomic E-state index is 0.0889. The molecule has 3 aromatic rings. The third-order valence-corrected chi connectivity index (χ3v) is 5.76. The fraction of sp³-hybridized carbons (Fsp3) is 0.316. The first kappa shape index (κ1) is 16.9. The minimum Gasteiger partial charge on any atom is -0.467 e. The van der Waals surface area contributed by atoms with Gasteiger partial charge in [0.1, 0.15) is 17.0 Å². The second-order valence-corrected chi connectivity index (χ2v) is 7.46. The Balaban J connectivity index is 1.44. The summed E-state index contributed by atoms with van der Waals surface area (Å²) in [6.45, 7) is 0.309. The van der Waals surface area contributed by atoms with Crippen LogP contribution in [-0.4, -0.2) is 34.4 Å². The molecule has 0 bridgehead atoms. The zero-order chi connectivity index (χ0) is 18.1. The molecule has 7 heteroatoms. The van der Waals surface area contributed by atoms with Gasteiger partial charge in [-0.15, -0.1) is 11.3 Å². The van der Waals surface area contributed by atoms with Gasteiger partial charge in [-0.3, -0.25) is 4.79 Å². The van der Waals surface area contributed by atoms with E-state index in [0.717, 1.165) is 35.0 Å². The maximum Gasteiger partial charge on any atom is 0.260 e. The Bertz CT molecular complexity index is 955. The summed E-state index contributed by atoms with van der Waals surface area (Å²) in [5.74, 6) is 0.0352. The Kier molecular flexibility index (Phi) is 4.55. The molecule has 1 amide bonds. The van der Waals surface area contributed by atoms with Crippen molar-refractivity contribution in [3.05, 3.63) is 52.4 Å². The lowest BCUT2D eigenvalue weighted by Crippen LogP contribution is -2.31. The number of carbonyl (C=O) groups excluding carboxylic acids is 1. The summed E-state index contributed by atoms with van der Waals surface area (Å²) in [4.78, 5) is 24.8. The van der Waals surface area contributed by atoms with Crippen molar-refractivity contribution >= 4 is 27.5 Å². The molecule has 2 aromatic heterocycles. The van der Waals surface area contributed by atoms with Crippen molar-refractivity contribution in [2.24, 2.45) is 0 Å². The van der Waals surface area contributed by atoms with Crippen LogP contribution in [0.1, 0.15) is 22.4 Å². The highest BCUT2D eigenvalue weighted by atomic mass is 32.1. The van der Waals surface area contributed by atoms with Gasteiger partial charge in [-0.2, -0.15) is 0 Å². The van der Waals surface area contributed by atoms with Crippen molar-refractivity contribution < 1.29 is 13.9 Å². The number of ether oxygens (including phenoxy) is 1. The molecule has 0 fully saturated rings. The van der Waals surface area contributed by atoms with E-state index in [2.05, 4.69) is 9.97 Å². The van der Waals surface area contributed by atoms with Crippen molar-refractivity contribution in [3.8, 4) is 5.88 Å². The van der Waals surface area contributed by atoms with Crippen molar-refractivity contribution in [3.63, 3.8) is 0 Å². The van der Waals surface area contributed by atoms with Crippen LogP contribution in [0.15, 0.2) is 30.6 Å². The number of rotatable bonds is 5. The number of carbonyl (C=O) groups is 1. The monoisotopic (exact) mass is 371 g/mol. The Morgan fingerprint density at radius 1 is 1.27 bits per heavy atom. The summed E-state index contributed by atoms with van der Waals surface area (Å²) >= 11 is 1.69. The molecular weight excluding hydrogens is 353 g/mol. The van der Waals surface area contributed by atoms with Gasteiger partial charge in [0.05, 0.1) is 5.39 Å². The zero-order valence-corrected chi connectivity index (χ0v) is 15.2. The summed E-state index contributed by atoms with van der Waals surface area (Å²) in [5, 5.41) is 0.957. The summed E-state index contributed by atoms with van der Waals surface area (Å²) < 4.78 is 18.7. The number of halogens is 1. The Hall–Kier alpha value is -2.54. The maximum atomic E-state index is 13.0. The number of likely N-dealkylation sites (N-methyl/N-ethyl adjacent to an activating group) is 1. The van der Waals surface area contributed by atoms with E-state index in [-0.39, 0.29) is 18.3 Å². The van der Waals surface area contributed by atoms with E-state index in [4.69, 9.17) is 4.74 Å². The first-order valence-electron chi connectivity index (χ1n) is 8.48. The van der Waals surface area contributed by atoms with E-state index in [1.807, 2.05) is 0 Å². The van der Waals surface area contributed by atoms with Crippen molar-refractivity contribution in [2.45, 2.75) is 25.8 Å². The van der Waals surface area contributed by atoms with Gasteiger partial charge in [-0.25, -0.2) is 14.4 Å². The van der Waals surface area contributed by atoms with E-state index < -0.39 is 0 Å². The third kappa shape index (κ3) is 3.26.